The van der Waals surface area contributed by atoms with Crippen LogP contribution in [0.2, 0.25) is 0 Å². The molecule has 1 aliphatic heterocycles. The number of rotatable bonds is 6. The van der Waals surface area contributed by atoms with Crippen LogP contribution in [0.3, 0.4) is 0 Å². The summed E-state index contributed by atoms with van der Waals surface area (Å²) in [5.41, 5.74) is 3.37. The molecule has 0 radical (unpaired) electrons. The van der Waals surface area contributed by atoms with Crippen molar-refractivity contribution in [1.82, 2.24) is 10.2 Å². The quantitative estimate of drug-likeness (QED) is 0.441. The first kappa shape index (κ1) is 20.2. The number of hydrogen-bond donors (Lipinski definition) is 2. The van der Waals surface area contributed by atoms with Gasteiger partial charge in [-0.2, -0.15) is 0 Å². The molecule has 30 heavy (non-hydrogen) atoms. The normalized spacial score (nSPS) is 11.9. The Labute approximate surface area is 181 Å². The molecule has 0 unspecified atom stereocenters. The van der Waals surface area contributed by atoms with E-state index in [1.165, 1.54) is 23.1 Å². The molecule has 4 rings (SSSR count). The average molecular weight is 443 g/mol. The van der Waals surface area contributed by atoms with Crippen LogP contribution < -0.4 is 20.1 Å². The van der Waals surface area contributed by atoms with Crippen LogP contribution in [-0.4, -0.2) is 34.6 Å². The number of anilines is 2. The zero-order valence-corrected chi connectivity index (χ0v) is 17.9. The highest BCUT2D eigenvalue weighted by Gasteiger charge is 2.17. The van der Waals surface area contributed by atoms with E-state index in [4.69, 9.17) is 9.47 Å². The highest BCUT2D eigenvalue weighted by Crippen LogP contribution is 2.33. The van der Waals surface area contributed by atoms with Gasteiger partial charge in [0.25, 0.3) is 5.91 Å². The molecule has 10 heteroatoms. The first-order valence-electron chi connectivity index (χ1n) is 9.02. The minimum atomic E-state index is -0.325. The number of carbonyl (C=O) groups excluding carboxylic acids is 2. The average Bonchev–Trinajstić information content (AvgIpc) is 3.37. The first-order chi connectivity index (χ1) is 14.5. The molecule has 0 aliphatic carbocycles. The fourth-order valence-electron chi connectivity index (χ4n) is 2.79. The lowest BCUT2D eigenvalue weighted by molar-refractivity contribution is -0.113. The number of ether oxygens (including phenoxy) is 2. The van der Waals surface area contributed by atoms with E-state index in [0.717, 1.165) is 16.8 Å². The van der Waals surface area contributed by atoms with E-state index < -0.39 is 0 Å². The Balaban J connectivity index is 1.30. The summed E-state index contributed by atoms with van der Waals surface area (Å²) in [6.45, 7) is 4.11. The van der Waals surface area contributed by atoms with Gasteiger partial charge in [0.05, 0.1) is 5.75 Å². The number of hydrogen-bond acceptors (Lipinski definition) is 8. The van der Waals surface area contributed by atoms with Gasteiger partial charge in [-0.25, -0.2) is 0 Å². The number of amides is 2. The highest BCUT2D eigenvalue weighted by molar-refractivity contribution is 8.01. The molecular formula is C20H18N4O4S2. The summed E-state index contributed by atoms with van der Waals surface area (Å²) in [5.74, 6) is 0.880. The fraction of sp³-hybridized carbons (Fsp3) is 0.200. The Kier molecular flexibility index (Phi) is 5.86. The molecule has 2 aromatic carbocycles. The Bertz CT molecular complexity index is 1120. The minimum absolute atomic E-state index is 0.131. The zero-order valence-electron chi connectivity index (χ0n) is 16.2. The van der Waals surface area contributed by atoms with E-state index in [-0.39, 0.29) is 24.4 Å². The van der Waals surface area contributed by atoms with Gasteiger partial charge in [-0.05, 0) is 43.7 Å². The van der Waals surface area contributed by atoms with Crippen molar-refractivity contribution in [3.8, 4) is 11.5 Å². The third-order valence-electron chi connectivity index (χ3n) is 4.24. The van der Waals surface area contributed by atoms with E-state index in [1.54, 1.807) is 18.2 Å². The molecule has 3 aromatic rings. The van der Waals surface area contributed by atoms with Crippen molar-refractivity contribution in [3.63, 3.8) is 0 Å². The lowest BCUT2D eigenvalue weighted by Gasteiger charge is -2.08. The molecule has 8 nitrogen and oxygen atoms in total. The van der Waals surface area contributed by atoms with Crippen molar-refractivity contribution in [2.75, 3.05) is 23.2 Å². The summed E-state index contributed by atoms with van der Waals surface area (Å²) in [4.78, 5) is 24.6. The van der Waals surface area contributed by atoms with Crippen molar-refractivity contribution in [2.24, 2.45) is 0 Å². The van der Waals surface area contributed by atoms with Crippen LogP contribution in [0.1, 0.15) is 21.5 Å². The monoisotopic (exact) mass is 442 g/mol. The van der Waals surface area contributed by atoms with E-state index in [1.807, 2.05) is 32.0 Å². The maximum atomic E-state index is 12.4. The van der Waals surface area contributed by atoms with Gasteiger partial charge in [-0.3, -0.25) is 14.9 Å². The predicted octanol–water partition coefficient (Wildman–Crippen LogP) is 3.87. The fourth-order valence-corrected chi connectivity index (χ4v) is 4.34. The molecule has 2 heterocycles. The molecule has 2 amide bonds. The summed E-state index contributed by atoms with van der Waals surface area (Å²) >= 11 is 2.47. The van der Waals surface area contributed by atoms with Gasteiger partial charge in [0.1, 0.15) is 0 Å². The molecule has 2 N–H and O–H groups in total. The summed E-state index contributed by atoms with van der Waals surface area (Å²) in [6.07, 6.45) is 0. The van der Waals surface area contributed by atoms with E-state index in [9.17, 15) is 9.59 Å². The molecular weight excluding hydrogens is 424 g/mol. The van der Waals surface area contributed by atoms with Crippen LogP contribution in [0, 0.1) is 13.8 Å². The summed E-state index contributed by atoms with van der Waals surface area (Å²) < 4.78 is 11.1. The summed E-state index contributed by atoms with van der Waals surface area (Å²) in [5, 5.41) is 13.9. The Morgan fingerprint density at radius 2 is 1.90 bits per heavy atom. The van der Waals surface area contributed by atoms with Crippen molar-refractivity contribution in [3.05, 3.63) is 53.1 Å². The predicted molar refractivity (Wildman–Crippen MR) is 116 cm³/mol. The molecule has 154 valence electrons. The molecule has 0 spiro atoms. The lowest BCUT2D eigenvalue weighted by atomic mass is 10.1. The second kappa shape index (κ2) is 8.72. The third-order valence-corrected chi connectivity index (χ3v) is 6.22. The molecule has 0 bridgehead atoms. The standard InChI is InChI=1S/C20H18N4O4S2/c1-11-3-5-14(12(2)7-11)21-17(25)9-29-20-24-23-19(30-20)22-18(26)13-4-6-15-16(8-13)28-10-27-15/h3-8H,9-10H2,1-2H3,(H,21,25)(H,22,23,26). The lowest BCUT2D eigenvalue weighted by Crippen LogP contribution is -2.14. The number of carbonyl (C=O) groups is 2. The molecule has 0 saturated carbocycles. The summed E-state index contributed by atoms with van der Waals surface area (Å²) in [6, 6.07) is 10.8. The third kappa shape index (κ3) is 4.71. The minimum Gasteiger partial charge on any atom is -0.454 e. The molecule has 1 aromatic heterocycles. The number of benzene rings is 2. The van der Waals surface area contributed by atoms with Gasteiger partial charge < -0.3 is 14.8 Å². The topological polar surface area (TPSA) is 102 Å². The summed E-state index contributed by atoms with van der Waals surface area (Å²) in [7, 11) is 0. The maximum absolute atomic E-state index is 12.4. The maximum Gasteiger partial charge on any atom is 0.257 e. The van der Waals surface area contributed by atoms with Crippen LogP contribution in [0.25, 0.3) is 0 Å². The van der Waals surface area contributed by atoms with Crippen molar-refractivity contribution >= 4 is 45.7 Å². The zero-order chi connectivity index (χ0) is 21.1. The molecule has 0 saturated heterocycles. The van der Waals surface area contributed by atoms with Gasteiger partial charge in [0, 0.05) is 11.3 Å². The van der Waals surface area contributed by atoms with Crippen molar-refractivity contribution in [2.45, 2.75) is 18.2 Å². The van der Waals surface area contributed by atoms with Crippen LogP contribution in [0.4, 0.5) is 10.8 Å². The smallest absolute Gasteiger partial charge is 0.257 e. The van der Waals surface area contributed by atoms with Gasteiger partial charge in [-0.15, -0.1) is 10.2 Å². The number of nitrogens with zero attached hydrogens (tertiary/aromatic N) is 2. The van der Waals surface area contributed by atoms with E-state index >= 15 is 0 Å². The van der Waals surface area contributed by atoms with Crippen molar-refractivity contribution < 1.29 is 19.1 Å². The highest BCUT2D eigenvalue weighted by atomic mass is 32.2. The second-order valence-corrected chi connectivity index (χ2v) is 8.75. The van der Waals surface area contributed by atoms with E-state index in [2.05, 4.69) is 20.8 Å². The van der Waals surface area contributed by atoms with Gasteiger partial charge in [-0.1, -0.05) is 40.8 Å². The first-order valence-corrected chi connectivity index (χ1v) is 10.8. The molecule has 1 aliphatic rings. The van der Waals surface area contributed by atoms with Crippen LogP contribution in [0.5, 0.6) is 11.5 Å². The number of aromatic nitrogens is 2. The van der Waals surface area contributed by atoms with Crippen molar-refractivity contribution in [1.29, 1.82) is 0 Å². The van der Waals surface area contributed by atoms with Gasteiger partial charge in [0.15, 0.2) is 15.8 Å². The van der Waals surface area contributed by atoms with Crippen LogP contribution in [-0.2, 0) is 4.79 Å². The number of thioether (sulfide) groups is 1. The largest absolute Gasteiger partial charge is 0.454 e. The SMILES string of the molecule is Cc1ccc(NC(=O)CSc2nnc(NC(=O)c3ccc4c(c3)OCO4)s2)c(C)c1. The Hall–Kier alpha value is -3.11. The van der Waals surface area contributed by atoms with E-state index in [0.29, 0.717) is 26.5 Å². The molecule has 0 fully saturated rings. The van der Waals surface area contributed by atoms with Crippen LogP contribution in [0.15, 0.2) is 40.7 Å². The Morgan fingerprint density at radius 1 is 1.07 bits per heavy atom. The second-order valence-electron chi connectivity index (χ2n) is 6.55. The number of aryl methyl sites for hydroxylation is 2. The number of nitrogens with one attached hydrogen (secondary N) is 2. The molecule has 0 atom stereocenters. The van der Waals surface area contributed by atoms with Gasteiger partial charge >= 0.3 is 0 Å². The van der Waals surface area contributed by atoms with Crippen LogP contribution >= 0.6 is 23.1 Å². The Morgan fingerprint density at radius 3 is 2.73 bits per heavy atom. The number of fused-ring (bicyclic) bond motifs is 1. The van der Waals surface area contributed by atoms with Gasteiger partial charge in [0.2, 0.25) is 17.8 Å².